The van der Waals surface area contributed by atoms with E-state index in [1.165, 1.54) is 19.2 Å². The summed E-state index contributed by atoms with van der Waals surface area (Å²) in [5.74, 6) is -2.32. The summed E-state index contributed by atoms with van der Waals surface area (Å²) in [5, 5.41) is 11.4. The molecule has 0 bridgehead atoms. The number of carbonyl (C=O) groups is 2. The lowest BCUT2D eigenvalue weighted by molar-refractivity contribution is -0.384. The molecule has 0 spiro atoms. The van der Waals surface area contributed by atoms with Crippen molar-refractivity contribution in [2.24, 2.45) is 0 Å². The van der Waals surface area contributed by atoms with Crippen molar-refractivity contribution in [2.75, 3.05) is 12.3 Å². The van der Waals surface area contributed by atoms with Gasteiger partial charge >= 0.3 is 11.9 Å². The van der Waals surface area contributed by atoms with Crippen LogP contribution in [0.25, 0.3) is 0 Å². The molecule has 0 atom stereocenters. The molecule has 1 aliphatic heterocycles. The second-order valence-corrected chi connectivity index (χ2v) is 3.30. The van der Waals surface area contributed by atoms with Crippen molar-refractivity contribution in [3.05, 3.63) is 28.3 Å². The molecule has 1 saturated heterocycles. The van der Waals surface area contributed by atoms with Gasteiger partial charge in [0.05, 0.1) is 18.1 Å². The summed E-state index contributed by atoms with van der Waals surface area (Å²) in [6.45, 7) is 0. The van der Waals surface area contributed by atoms with E-state index in [0.717, 1.165) is 6.07 Å². The van der Waals surface area contributed by atoms with Crippen molar-refractivity contribution in [3.63, 3.8) is 0 Å². The summed E-state index contributed by atoms with van der Waals surface area (Å²) in [6, 6.07) is 3.62. The van der Waals surface area contributed by atoms with Crippen molar-refractivity contribution in [1.29, 1.82) is 0 Å². The Balaban J connectivity index is 2.33. The molecule has 10 heteroatoms. The Morgan fingerprint density at radius 2 is 2.05 bits per heavy atom. The lowest BCUT2D eigenvalue weighted by Gasteiger charge is -2.25. The van der Waals surface area contributed by atoms with Gasteiger partial charge in [0.25, 0.3) is 5.69 Å². The van der Waals surface area contributed by atoms with Gasteiger partial charge in [-0.1, -0.05) is 0 Å². The molecule has 1 N–H and O–H groups in total. The van der Waals surface area contributed by atoms with Gasteiger partial charge in [-0.05, 0) is 5.59 Å². The zero-order chi connectivity index (χ0) is 14.0. The molecule has 1 aromatic rings. The number of anilines is 1. The summed E-state index contributed by atoms with van der Waals surface area (Å²) < 4.78 is 4.88. The fourth-order valence-corrected chi connectivity index (χ4v) is 1.28. The summed E-state index contributed by atoms with van der Waals surface area (Å²) in [6.07, 6.45) is 0. The van der Waals surface area contributed by atoms with E-state index < -0.39 is 16.9 Å². The van der Waals surface area contributed by atoms with E-state index in [2.05, 4.69) is 9.68 Å². The molecular weight excluding hydrogens is 262 g/mol. The molecular formula is C9H7N3O7. The van der Waals surface area contributed by atoms with E-state index in [1.54, 1.807) is 0 Å². The van der Waals surface area contributed by atoms with Crippen LogP contribution in [0.3, 0.4) is 0 Å². The largest absolute Gasteiger partial charge is 0.496 e. The average Bonchev–Trinajstić information content (AvgIpc) is 2.41. The van der Waals surface area contributed by atoms with Gasteiger partial charge in [0.2, 0.25) is 0 Å². The number of methoxy groups -OCH3 is 1. The van der Waals surface area contributed by atoms with E-state index >= 15 is 0 Å². The minimum atomic E-state index is -1.26. The lowest BCUT2D eigenvalue weighted by atomic mass is 10.2. The molecule has 1 aliphatic rings. The zero-order valence-electron chi connectivity index (χ0n) is 9.48. The molecule has 1 aromatic carbocycles. The third-order valence-corrected chi connectivity index (χ3v) is 2.12. The van der Waals surface area contributed by atoms with Crippen LogP contribution >= 0.6 is 0 Å². The Morgan fingerprint density at radius 3 is 2.63 bits per heavy atom. The SMILES string of the molecule is COc1cc(N2NOC(=O)C(=O)O2)cc([N+](=O)[O-])c1. The van der Waals surface area contributed by atoms with Gasteiger partial charge in [0, 0.05) is 12.1 Å². The standard InChI is InChI=1S/C9H7N3O7/c1-17-7-3-5(2-6(4-7)12(15)16)11-10-18-8(13)9(14)19-11/h2-4,10H,1H3. The fraction of sp³-hybridized carbons (Fsp3) is 0.111. The van der Waals surface area contributed by atoms with E-state index in [0.29, 0.717) is 5.17 Å². The van der Waals surface area contributed by atoms with Crippen LogP contribution in [0.4, 0.5) is 11.4 Å². The maximum Gasteiger partial charge on any atom is 0.444 e. The highest BCUT2D eigenvalue weighted by Gasteiger charge is 2.30. The molecule has 1 fully saturated rings. The van der Waals surface area contributed by atoms with Gasteiger partial charge in [0.1, 0.15) is 11.4 Å². The summed E-state index contributed by atoms with van der Waals surface area (Å²) in [7, 11) is 1.32. The molecule has 0 amide bonds. The molecule has 0 unspecified atom stereocenters. The van der Waals surface area contributed by atoms with Crippen LogP contribution in [-0.4, -0.2) is 24.0 Å². The molecule has 1 heterocycles. The Bertz CT molecular complexity index is 559. The fourth-order valence-electron chi connectivity index (χ4n) is 1.28. The van der Waals surface area contributed by atoms with Gasteiger partial charge in [-0.15, -0.1) is 5.17 Å². The third kappa shape index (κ3) is 2.52. The molecule has 0 radical (unpaired) electrons. The zero-order valence-corrected chi connectivity index (χ0v) is 9.48. The molecule has 2 rings (SSSR count). The number of ether oxygens (including phenoxy) is 1. The number of nitro groups is 1. The maximum absolute atomic E-state index is 11.0. The molecule has 100 valence electrons. The highest BCUT2D eigenvalue weighted by atomic mass is 16.9. The Morgan fingerprint density at radius 1 is 1.32 bits per heavy atom. The van der Waals surface area contributed by atoms with Crippen LogP contribution < -0.4 is 15.5 Å². The second-order valence-electron chi connectivity index (χ2n) is 3.30. The van der Waals surface area contributed by atoms with Crippen LogP contribution in [0.5, 0.6) is 5.75 Å². The van der Waals surface area contributed by atoms with Gasteiger partial charge in [-0.3, -0.25) is 10.1 Å². The Kier molecular flexibility index (Phi) is 3.16. The van der Waals surface area contributed by atoms with Crippen molar-refractivity contribution in [1.82, 2.24) is 5.59 Å². The van der Waals surface area contributed by atoms with E-state index in [9.17, 15) is 19.7 Å². The first-order chi connectivity index (χ1) is 9.01. The van der Waals surface area contributed by atoms with Crippen molar-refractivity contribution < 1.29 is 28.9 Å². The van der Waals surface area contributed by atoms with Crippen LogP contribution in [0.2, 0.25) is 0 Å². The quantitative estimate of drug-likeness (QED) is 0.453. The van der Waals surface area contributed by atoms with Gasteiger partial charge in [-0.25, -0.2) is 9.59 Å². The lowest BCUT2D eigenvalue weighted by Crippen LogP contribution is -2.49. The minimum absolute atomic E-state index is 0.0481. The normalized spacial score (nSPS) is 14.7. The number of carbonyl (C=O) groups excluding carboxylic acids is 2. The molecule has 10 nitrogen and oxygen atoms in total. The van der Waals surface area contributed by atoms with Crippen molar-refractivity contribution >= 4 is 23.3 Å². The smallest absolute Gasteiger partial charge is 0.444 e. The number of hydrogen-bond donors (Lipinski definition) is 1. The topological polar surface area (TPSA) is 120 Å². The van der Waals surface area contributed by atoms with Crippen LogP contribution in [-0.2, 0) is 19.3 Å². The number of non-ortho nitro benzene ring substituents is 1. The summed E-state index contributed by atoms with van der Waals surface area (Å²) >= 11 is 0. The van der Waals surface area contributed by atoms with Crippen molar-refractivity contribution in [3.8, 4) is 5.75 Å². The first-order valence-corrected chi connectivity index (χ1v) is 4.83. The Hall–Kier alpha value is -2.88. The molecule has 0 saturated carbocycles. The number of nitro benzene ring substituents is 1. The van der Waals surface area contributed by atoms with Gasteiger partial charge < -0.3 is 14.4 Å². The first kappa shape index (κ1) is 12.6. The van der Waals surface area contributed by atoms with E-state index in [4.69, 9.17) is 4.74 Å². The van der Waals surface area contributed by atoms with Gasteiger partial charge in [0.15, 0.2) is 0 Å². The monoisotopic (exact) mass is 269 g/mol. The number of hydrogen-bond acceptors (Lipinski definition) is 9. The number of nitrogens with one attached hydrogen (secondary N) is 1. The minimum Gasteiger partial charge on any atom is -0.496 e. The Labute approximate surface area is 105 Å². The van der Waals surface area contributed by atoms with Crippen molar-refractivity contribution in [2.45, 2.75) is 0 Å². The predicted molar refractivity (Wildman–Crippen MR) is 57.4 cm³/mol. The summed E-state index contributed by atoms with van der Waals surface area (Å²) in [5.41, 5.74) is 1.76. The van der Waals surface area contributed by atoms with Crippen LogP contribution in [0.15, 0.2) is 18.2 Å². The molecule has 0 aromatic heterocycles. The first-order valence-electron chi connectivity index (χ1n) is 4.83. The average molecular weight is 269 g/mol. The van der Waals surface area contributed by atoms with E-state index in [-0.39, 0.29) is 17.1 Å². The highest BCUT2D eigenvalue weighted by molar-refractivity contribution is 6.30. The van der Waals surface area contributed by atoms with Crippen LogP contribution in [0, 0.1) is 10.1 Å². The third-order valence-electron chi connectivity index (χ3n) is 2.12. The second kappa shape index (κ2) is 4.78. The number of rotatable bonds is 3. The highest BCUT2D eigenvalue weighted by Crippen LogP contribution is 2.28. The number of benzene rings is 1. The number of nitrogens with zero attached hydrogens (tertiary/aromatic N) is 2. The molecule has 0 aliphatic carbocycles. The number of hydrazine groups is 1. The predicted octanol–water partition coefficient (Wildman–Crippen LogP) is -0.156. The summed E-state index contributed by atoms with van der Waals surface area (Å²) in [4.78, 5) is 40.7. The maximum atomic E-state index is 11.0. The van der Waals surface area contributed by atoms with E-state index in [1.807, 2.05) is 5.59 Å². The molecule has 19 heavy (non-hydrogen) atoms. The van der Waals surface area contributed by atoms with Crippen LogP contribution in [0.1, 0.15) is 0 Å². The van der Waals surface area contributed by atoms with Gasteiger partial charge in [-0.2, -0.15) is 0 Å².